The number of nitrogens with one attached hydrogen (secondary N) is 1. The van der Waals surface area contributed by atoms with Crippen LogP contribution < -0.4 is 15.0 Å². The molecule has 0 atom stereocenters. The number of nitrogens with zero attached hydrogens (tertiary/aromatic N) is 2. The van der Waals surface area contributed by atoms with E-state index in [0.717, 1.165) is 30.0 Å². The van der Waals surface area contributed by atoms with E-state index in [1.807, 2.05) is 12.1 Å². The van der Waals surface area contributed by atoms with Crippen LogP contribution in [0.25, 0.3) is 0 Å². The molecule has 26 heavy (non-hydrogen) atoms. The number of aromatic nitrogens is 1. The maximum absolute atomic E-state index is 13.7. The number of benzene rings is 1. The van der Waals surface area contributed by atoms with Gasteiger partial charge in [0, 0.05) is 32.3 Å². The Hall–Kier alpha value is -2.63. The lowest BCUT2D eigenvalue weighted by atomic mass is 10.1. The topological polar surface area (TPSA) is 54.5 Å². The van der Waals surface area contributed by atoms with Crippen molar-refractivity contribution in [3.63, 3.8) is 0 Å². The van der Waals surface area contributed by atoms with Gasteiger partial charge in [-0.3, -0.25) is 4.79 Å². The van der Waals surface area contributed by atoms with Crippen molar-refractivity contribution in [3.05, 3.63) is 53.5 Å². The number of pyridine rings is 1. The van der Waals surface area contributed by atoms with Crippen LogP contribution in [0.3, 0.4) is 0 Å². The predicted molar refractivity (Wildman–Crippen MR) is 98.8 cm³/mol. The largest absolute Gasteiger partial charge is 0.494 e. The monoisotopic (exact) mass is 357 g/mol. The third kappa shape index (κ3) is 4.71. The van der Waals surface area contributed by atoms with Crippen molar-refractivity contribution in [2.45, 2.75) is 32.2 Å². The number of hydrogen-bond acceptors (Lipinski definition) is 4. The molecule has 2 heterocycles. The Morgan fingerprint density at radius 1 is 1.23 bits per heavy atom. The molecule has 1 aromatic carbocycles. The number of hydrogen-bond donors (Lipinski definition) is 1. The number of carbonyl (C=O) groups is 1. The van der Waals surface area contributed by atoms with Gasteiger partial charge in [-0.2, -0.15) is 0 Å². The number of methoxy groups -OCH3 is 1. The Kier molecular flexibility index (Phi) is 6.04. The first-order valence-electron chi connectivity index (χ1n) is 8.94. The summed E-state index contributed by atoms with van der Waals surface area (Å²) in [7, 11) is 1.43. The summed E-state index contributed by atoms with van der Waals surface area (Å²) in [6, 6.07) is 8.72. The van der Waals surface area contributed by atoms with E-state index in [-0.39, 0.29) is 11.7 Å². The summed E-state index contributed by atoms with van der Waals surface area (Å²) >= 11 is 0. The Bertz CT molecular complexity index is 760. The quantitative estimate of drug-likeness (QED) is 0.827. The van der Waals surface area contributed by atoms with E-state index in [4.69, 9.17) is 4.74 Å². The average Bonchev–Trinajstić information content (AvgIpc) is 3.20. The van der Waals surface area contributed by atoms with Crippen LogP contribution in [0.1, 0.15) is 30.4 Å². The highest BCUT2D eigenvalue weighted by Gasteiger charge is 2.13. The zero-order valence-corrected chi connectivity index (χ0v) is 15.0. The number of amides is 1. The smallest absolute Gasteiger partial charge is 0.220 e. The van der Waals surface area contributed by atoms with Crippen LogP contribution in [0.5, 0.6) is 5.75 Å². The highest BCUT2D eigenvalue weighted by molar-refractivity contribution is 5.76. The minimum Gasteiger partial charge on any atom is -0.494 e. The molecule has 0 bridgehead atoms. The summed E-state index contributed by atoms with van der Waals surface area (Å²) in [4.78, 5) is 18.8. The van der Waals surface area contributed by atoms with Gasteiger partial charge in [0.2, 0.25) is 5.91 Å². The summed E-state index contributed by atoms with van der Waals surface area (Å²) < 4.78 is 18.6. The second-order valence-electron chi connectivity index (χ2n) is 6.46. The number of carbonyl (C=O) groups excluding carboxylic acids is 1. The highest BCUT2D eigenvalue weighted by atomic mass is 19.1. The van der Waals surface area contributed by atoms with Crippen LogP contribution in [0.2, 0.25) is 0 Å². The van der Waals surface area contributed by atoms with Crippen molar-refractivity contribution < 1.29 is 13.9 Å². The SMILES string of the molecule is COc1ccc(CCC(=O)NCc2ccnc(N3CCCC3)c2)cc1F. The maximum atomic E-state index is 13.7. The molecule has 1 aromatic heterocycles. The van der Waals surface area contributed by atoms with E-state index < -0.39 is 5.82 Å². The second-order valence-corrected chi connectivity index (χ2v) is 6.46. The van der Waals surface area contributed by atoms with Gasteiger partial charge in [-0.15, -0.1) is 0 Å². The van der Waals surface area contributed by atoms with Gasteiger partial charge in [0.1, 0.15) is 5.82 Å². The lowest BCUT2D eigenvalue weighted by Gasteiger charge is -2.17. The molecule has 1 aliphatic heterocycles. The fraction of sp³-hybridized carbons (Fsp3) is 0.400. The first-order valence-corrected chi connectivity index (χ1v) is 8.94. The Labute approximate surface area is 153 Å². The van der Waals surface area contributed by atoms with Crippen LogP contribution >= 0.6 is 0 Å². The summed E-state index contributed by atoms with van der Waals surface area (Å²) in [5, 5.41) is 2.92. The first-order chi connectivity index (χ1) is 12.7. The molecular formula is C20H24FN3O2. The number of anilines is 1. The molecule has 6 heteroatoms. The molecule has 1 fully saturated rings. The Morgan fingerprint density at radius 2 is 2.04 bits per heavy atom. The highest BCUT2D eigenvalue weighted by Crippen LogP contribution is 2.19. The van der Waals surface area contributed by atoms with E-state index in [1.54, 1.807) is 18.3 Å². The molecule has 0 spiro atoms. The zero-order chi connectivity index (χ0) is 18.4. The van der Waals surface area contributed by atoms with Gasteiger partial charge in [0.05, 0.1) is 7.11 Å². The molecule has 1 aliphatic rings. The van der Waals surface area contributed by atoms with Crippen molar-refractivity contribution in [1.82, 2.24) is 10.3 Å². The lowest BCUT2D eigenvalue weighted by molar-refractivity contribution is -0.121. The van der Waals surface area contributed by atoms with Crippen LogP contribution in [-0.4, -0.2) is 31.1 Å². The third-order valence-corrected chi connectivity index (χ3v) is 4.59. The molecule has 0 aliphatic carbocycles. The van der Waals surface area contributed by atoms with Crippen LogP contribution in [0.4, 0.5) is 10.2 Å². The molecule has 0 unspecified atom stereocenters. The fourth-order valence-electron chi connectivity index (χ4n) is 3.10. The predicted octanol–water partition coefficient (Wildman–Crippen LogP) is 3.08. The molecule has 0 saturated carbocycles. The van der Waals surface area contributed by atoms with Gasteiger partial charge >= 0.3 is 0 Å². The van der Waals surface area contributed by atoms with E-state index in [9.17, 15) is 9.18 Å². The van der Waals surface area contributed by atoms with Gasteiger partial charge < -0.3 is 15.0 Å². The van der Waals surface area contributed by atoms with E-state index in [2.05, 4.69) is 15.2 Å². The molecule has 0 radical (unpaired) electrons. The minimum atomic E-state index is -0.406. The van der Waals surface area contributed by atoms with Crippen LogP contribution in [-0.2, 0) is 17.8 Å². The van der Waals surface area contributed by atoms with E-state index >= 15 is 0 Å². The fourth-order valence-corrected chi connectivity index (χ4v) is 3.10. The molecule has 1 N–H and O–H groups in total. The van der Waals surface area contributed by atoms with E-state index in [0.29, 0.717) is 19.4 Å². The molecule has 3 rings (SSSR count). The number of halogens is 1. The third-order valence-electron chi connectivity index (χ3n) is 4.59. The van der Waals surface area contributed by atoms with Crippen molar-refractivity contribution in [3.8, 4) is 5.75 Å². The molecular weight excluding hydrogens is 333 g/mol. The zero-order valence-electron chi connectivity index (χ0n) is 15.0. The molecule has 1 saturated heterocycles. The Balaban J connectivity index is 1.48. The first kappa shape index (κ1) is 18.2. The van der Waals surface area contributed by atoms with Gasteiger partial charge in [-0.25, -0.2) is 9.37 Å². The van der Waals surface area contributed by atoms with Gasteiger partial charge in [-0.05, 0) is 54.7 Å². The second kappa shape index (κ2) is 8.65. The van der Waals surface area contributed by atoms with Crippen molar-refractivity contribution in [2.75, 3.05) is 25.1 Å². The Morgan fingerprint density at radius 3 is 2.77 bits per heavy atom. The summed E-state index contributed by atoms with van der Waals surface area (Å²) in [5.74, 6) is 0.727. The van der Waals surface area contributed by atoms with Crippen molar-refractivity contribution in [2.24, 2.45) is 0 Å². The molecule has 1 amide bonds. The van der Waals surface area contributed by atoms with Gasteiger partial charge in [0.25, 0.3) is 0 Å². The van der Waals surface area contributed by atoms with E-state index in [1.165, 1.54) is 26.0 Å². The average molecular weight is 357 g/mol. The maximum Gasteiger partial charge on any atom is 0.220 e. The number of rotatable bonds is 7. The normalized spacial score (nSPS) is 13.7. The van der Waals surface area contributed by atoms with Crippen LogP contribution in [0, 0.1) is 5.82 Å². The van der Waals surface area contributed by atoms with Gasteiger partial charge in [0.15, 0.2) is 11.6 Å². The molecule has 138 valence electrons. The molecule has 5 nitrogen and oxygen atoms in total. The summed E-state index contributed by atoms with van der Waals surface area (Å²) in [6.07, 6.45) is 5.00. The van der Waals surface area contributed by atoms with Gasteiger partial charge in [-0.1, -0.05) is 6.07 Å². The standard InChI is InChI=1S/C20H24FN3O2/c1-26-18-6-4-15(12-17(18)21)5-7-20(25)23-14-16-8-9-22-19(13-16)24-10-2-3-11-24/h4,6,8-9,12-13H,2-3,5,7,10-11,14H2,1H3,(H,23,25). The minimum absolute atomic E-state index is 0.0549. The van der Waals surface area contributed by atoms with Crippen molar-refractivity contribution >= 4 is 11.7 Å². The number of ether oxygens (including phenoxy) is 1. The van der Waals surface area contributed by atoms with Crippen LogP contribution in [0.15, 0.2) is 36.5 Å². The molecule has 2 aromatic rings. The summed E-state index contributed by atoms with van der Waals surface area (Å²) in [5.41, 5.74) is 1.81. The summed E-state index contributed by atoms with van der Waals surface area (Å²) in [6.45, 7) is 2.56. The number of aryl methyl sites for hydroxylation is 1. The lowest BCUT2D eigenvalue weighted by Crippen LogP contribution is -2.24. The van der Waals surface area contributed by atoms with Crippen molar-refractivity contribution in [1.29, 1.82) is 0 Å².